The van der Waals surface area contributed by atoms with Crippen molar-refractivity contribution >= 4 is 11.9 Å². The zero-order valence-corrected chi connectivity index (χ0v) is 12.8. The molecule has 0 atom stereocenters. The molecular formula is C15H18N4O4. The number of aromatic carboxylic acids is 1. The lowest BCUT2D eigenvalue weighted by atomic mass is 10.2. The van der Waals surface area contributed by atoms with Crippen LogP contribution in [0, 0.1) is 0 Å². The second kappa shape index (κ2) is 8.04. The van der Waals surface area contributed by atoms with Gasteiger partial charge in [-0.3, -0.25) is 4.79 Å². The third-order valence-electron chi connectivity index (χ3n) is 3.16. The zero-order chi connectivity index (χ0) is 16.7. The average molecular weight is 318 g/mol. The predicted molar refractivity (Wildman–Crippen MR) is 80.7 cm³/mol. The summed E-state index contributed by atoms with van der Waals surface area (Å²) < 4.78 is 6.72. The van der Waals surface area contributed by atoms with Gasteiger partial charge in [-0.2, -0.15) is 0 Å². The summed E-state index contributed by atoms with van der Waals surface area (Å²) in [7, 11) is 1.66. The Kier molecular flexibility index (Phi) is 5.81. The highest BCUT2D eigenvalue weighted by molar-refractivity contribution is 5.84. The molecular weight excluding hydrogens is 300 g/mol. The highest BCUT2D eigenvalue weighted by atomic mass is 16.5. The van der Waals surface area contributed by atoms with E-state index >= 15 is 0 Å². The fraction of sp³-hybridized carbons (Fsp3) is 0.333. The molecule has 2 aromatic rings. The average Bonchev–Trinajstić information content (AvgIpc) is 3.01. The number of aromatic nitrogens is 3. The van der Waals surface area contributed by atoms with Gasteiger partial charge in [-0.25, -0.2) is 9.48 Å². The minimum atomic E-state index is -1.17. The Morgan fingerprint density at radius 1 is 1.30 bits per heavy atom. The van der Waals surface area contributed by atoms with Crippen LogP contribution < -0.4 is 0 Å². The van der Waals surface area contributed by atoms with Crippen molar-refractivity contribution in [1.82, 2.24) is 19.9 Å². The van der Waals surface area contributed by atoms with Crippen LogP contribution >= 0.6 is 0 Å². The van der Waals surface area contributed by atoms with E-state index in [-0.39, 0.29) is 18.1 Å². The second-order valence-corrected chi connectivity index (χ2v) is 4.96. The first kappa shape index (κ1) is 16.6. The van der Waals surface area contributed by atoms with Crippen LogP contribution in [0.3, 0.4) is 0 Å². The summed E-state index contributed by atoms with van der Waals surface area (Å²) in [5, 5.41) is 15.8. The maximum Gasteiger partial charge on any atom is 0.358 e. The lowest BCUT2D eigenvalue weighted by molar-refractivity contribution is -0.131. The molecule has 122 valence electrons. The molecule has 8 nitrogen and oxygen atoms in total. The molecule has 0 aliphatic heterocycles. The summed E-state index contributed by atoms with van der Waals surface area (Å²) in [6.45, 7) is 1.28. The normalized spacial score (nSPS) is 10.5. The summed E-state index contributed by atoms with van der Waals surface area (Å²) in [6, 6.07) is 9.77. The predicted octanol–water partition coefficient (Wildman–Crippen LogP) is 0.651. The van der Waals surface area contributed by atoms with Gasteiger partial charge in [-0.05, 0) is 5.56 Å². The molecule has 1 amide bonds. The molecule has 0 saturated heterocycles. The minimum absolute atomic E-state index is 0.0601. The lowest BCUT2D eigenvalue weighted by Gasteiger charge is -2.17. The number of ether oxygens (including phenoxy) is 1. The number of hydrogen-bond acceptors (Lipinski definition) is 5. The summed E-state index contributed by atoms with van der Waals surface area (Å²) in [4.78, 5) is 24.2. The number of carboxylic acid groups (broad SMARTS) is 1. The van der Waals surface area contributed by atoms with E-state index in [0.717, 1.165) is 5.56 Å². The number of rotatable bonds is 8. The first-order valence-corrected chi connectivity index (χ1v) is 7.05. The lowest BCUT2D eigenvalue weighted by Crippen LogP contribution is -2.33. The molecule has 0 aliphatic rings. The summed E-state index contributed by atoms with van der Waals surface area (Å²) >= 11 is 0. The Hall–Kier alpha value is -2.74. The van der Waals surface area contributed by atoms with Crippen molar-refractivity contribution in [2.45, 2.75) is 13.2 Å². The van der Waals surface area contributed by atoms with Gasteiger partial charge in [0, 0.05) is 13.6 Å². The third kappa shape index (κ3) is 5.19. The summed E-state index contributed by atoms with van der Waals surface area (Å²) in [5.74, 6) is -1.37. The van der Waals surface area contributed by atoms with E-state index < -0.39 is 5.97 Å². The fourth-order valence-electron chi connectivity index (χ4n) is 1.82. The fourth-order valence-corrected chi connectivity index (χ4v) is 1.82. The molecule has 1 aromatic carbocycles. The van der Waals surface area contributed by atoms with Crippen molar-refractivity contribution in [3.63, 3.8) is 0 Å². The van der Waals surface area contributed by atoms with Crippen molar-refractivity contribution in [3.05, 3.63) is 47.8 Å². The molecule has 0 aliphatic carbocycles. The van der Waals surface area contributed by atoms with Crippen LogP contribution in [0.5, 0.6) is 0 Å². The SMILES string of the molecule is CN(CCOCc1ccccc1)C(=O)Cn1cc(C(=O)O)nn1. The molecule has 0 saturated carbocycles. The van der Waals surface area contributed by atoms with Crippen molar-refractivity contribution in [2.75, 3.05) is 20.2 Å². The molecule has 2 rings (SSSR count). The van der Waals surface area contributed by atoms with Gasteiger partial charge in [0.05, 0.1) is 19.4 Å². The maximum absolute atomic E-state index is 12.0. The number of carbonyl (C=O) groups excluding carboxylic acids is 1. The van der Waals surface area contributed by atoms with Gasteiger partial charge in [-0.15, -0.1) is 5.10 Å². The van der Waals surface area contributed by atoms with Crippen LogP contribution in [0.15, 0.2) is 36.5 Å². The minimum Gasteiger partial charge on any atom is -0.476 e. The van der Waals surface area contributed by atoms with Gasteiger partial charge in [0.1, 0.15) is 6.54 Å². The van der Waals surface area contributed by atoms with E-state index in [1.807, 2.05) is 30.3 Å². The van der Waals surface area contributed by atoms with Crippen molar-refractivity contribution in [3.8, 4) is 0 Å². The first-order valence-electron chi connectivity index (χ1n) is 7.05. The van der Waals surface area contributed by atoms with E-state index in [2.05, 4.69) is 10.3 Å². The molecule has 1 heterocycles. The Morgan fingerprint density at radius 3 is 2.70 bits per heavy atom. The second-order valence-electron chi connectivity index (χ2n) is 4.96. The van der Waals surface area contributed by atoms with Crippen LogP contribution in [0.2, 0.25) is 0 Å². The highest BCUT2D eigenvalue weighted by Gasteiger charge is 2.13. The summed E-state index contributed by atoms with van der Waals surface area (Å²) in [6.07, 6.45) is 1.22. The number of benzene rings is 1. The van der Waals surface area contributed by atoms with Gasteiger partial charge in [-0.1, -0.05) is 35.5 Å². The number of amides is 1. The molecule has 0 radical (unpaired) electrons. The third-order valence-corrected chi connectivity index (χ3v) is 3.16. The van der Waals surface area contributed by atoms with Crippen LogP contribution in [0.1, 0.15) is 16.1 Å². The molecule has 0 fully saturated rings. The number of nitrogens with zero attached hydrogens (tertiary/aromatic N) is 4. The zero-order valence-electron chi connectivity index (χ0n) is 12.8. The molecule has 1 N–H and O–H groups in total. The van der Waals surface area contributed by atoms with Gasteiger partial charge in [0.15, 0.2) is 5.69 Å². The number of carboxylic acids is 1. The van der Waals surface area contributed by atoms with Gasteiger partial charge in [0.2, 0.25) is 5.91 Å². The van der Waals surface area contributed by atoms with Gasteiger partial charge in [0.25, 0.3) is 0 Å². The molecule has 23 heavy (non-hydrogen) atoms. The van der Waals surface area contributed by atoms with E-state index in [1.54, 1.807) is 7.05 Å². The largest absolute Gasteiger partial charge is 0.476 e. The van der Waals surface area contributed by atoms with Crippen molar-refractivity contribution in [1.29, 1.82) is 0 Å². The standard InChI is InChI=1S/C15H18N4O4/c1-18(7-8-23-11-12-5-3-2-4-6-12)14(20)10-19-9-13(15(21)22)16-17-19/h2-6,9H,7-8,10-11H2,1H3,(H,21,22). The first-order chi connectivity index (χ1) is 11.1. The van der Waals surface area contributed by atoms with E-state index in [4.69, 9.17) is 9.84 Å². The monoisotopic (exact) mass is 318 g/mol. The van der Waals surface area contributed by atoms with Crippen LogP contribution in [0.4, 0.5) is 0 Å². The van der Waals surface area contributed by atoms with Crippen molar-refractivity contribution < 1.29 is 19.4 Å². The summed E-state index contributed by atoms with van der Waals surface area (Å²) in [5.41, 5.74) is 0.886. The number of carbonyl (C=O) groups is 2. The van der Waals surface area contributed by atoms with E-state index in [0.29, 0.717) is 19.8 Å². The Labute approximate surface area is 133 Å². The van der Waals surface area contributed by atoms with Crippen LogP contribution in [-0.4, -0.2) is 57.1 Å². The quantitative estimate of drug-likeness (QED) is 0.718. The van der Waals surface area contributed by atoms with E-state index in [9.17, 15) is 9.59 Å². The molecule has 1 aromatic heterocycles. The van der Waals surface area contributed by atoms with Gasteiger partial charge >= 0.3 is 5.97 Å². The molecule has 8 heteroatoms. The Morgan fingerprint density at radius 2 is 2.04 bits per heavy atom. The Bertz CT molecular complexity index is 657. The molecule has 0 unspecified atom stereocenters. The topological polar surface area (TPSA) is 97.5 Å². The molecule has 0 spiro atoms. The van der Waals surface area contributed by atoms with Crippen molar-refractivity contribution in [2.24, 2.45) is 0 Å². The van der Waals surface area contributed by atoms with Crippen LogP contribution in [-0.2, 0) is 22.7 Å². The van der Waals surface area contributed by atoms with Crippen LogP contribution in [0.25, 0.3) is 0 Å². The highest BCUT2D eigenvalue weighted by Crippen LogP contribution is 2.00. The number of likely N-dealkylation sites (N-methyl/N-ethyl adjacent to an activating group) is 1. The van der Waals surface area contributed by atoms with Gasteiger partial charge < -0.3 is 14.7 Å². The smallest absolute Gasteiger partial charge is 0.358 e. The molecule has 0 bridgehead atoms. The maximum atomic E-state index is 12.0. The van der Waals surface area contributed by atoms with E-state index in [1.165, 1.54) is 15.8 Å². The number of hydrogen-bond donors (Lipinski definition) is 1. The Balaban J connectivity index is 1.71.